The van der Waals surface area contributed by atoms with E-state index >= 15 is 0 Å². The summed E-state index contributed by atoms with van der Waals surface area (Å²) in [6.07, 6.45) is 4.67. The SMILES string of the molecule is O=C(Nc1cc(Oc2cccnc2)cc([N+](=O)[O-])c1)c1ccn(COc2ccc(-c3ccccc3)cc2)n1. The summed E-state index contributed by atoms with van der Waals surface area (Å²) >= 11 is 0. The lowest BCUT2D eigenvalue weighted by Crippen LogP contribution is -2.14. The van der Waals surface area contributed by atoms with Gasteiger partial charge in [0.05, 0.1) is 22.9 Å². The number of aromatic nitrogens is 3. The first-order chi connectivity index (χ1) is 18.5. The molecule has 2 heterocycles. The second kappa shape index (κ2) is 11.0. The number of carbonyl (C=O) groups is 1. The number of nitro groups is 1. The van der Waals surface area contributed by atoms with Crippen molar-refractivity contribution < 1.29 is 19.2 Å². The van der Waals surface area contributed by atoms with Crippen LogP contribution in [-0.4, -0.2) is 25.6 Å². The molecule has 0 spiro atoms. The van der Waals surface area contributed by atoms with Gasteiger partial charge in [-0.3, -0.25) is 19.9 Å². The highest BCUT2D eigenvalue weighted by molar-refractivity contribution is 6.03. The van der Waals surface area contributed by atoms with Gasteiger partial charge in [0, 0.05) is 24.5 Å². The van der Waals surface area contributed by atoms with Crippen molar-refractivity contribution in [2.24, 2.45) is 0 Å². The van der Waals surface area contributed by atoms with Crippen molar-refractivity contribution in [2.75, 3.05) is 5.32 Å². The van der Waals surface area contributed by atoms with Gasteiger partial charge in [-0.2, -0.15) is 5.10 Å². The molecule has 0 bridgehead atoms. The smallest absolute Gasteiger partial charge is 0.276 e. The summed E-state index contributed by atoms with van der Waals surface area (Å²) in [6.45, 7) is 0.0951. The average Bonchev–Trinajstić information content (AvgIpc) is 3.42. The minimum absolute atomic E-state index is 0.0951. The summed E-state index contributed by atoms with van der Waals surface area (Å²) in [4.78, 5) is 27.6. The molecule has 38 heavy (non-hydrogen) atoms. The average molecular weight is 508 g/mol. The number of nitrogens with one attached hydrogen (secondary N) is 1. The largest absolute Gasteiger partial charge is 0.471 e. The van der Waals surface area contributed by atoms with Crippen molar-refractivity contribution in [1.29, 1.82) is 0 Å². The molecule has 5 aromatic rings. The van der Waals surface area contributed by atoms with Crippen molar-refractivity contribution in [3.63, 3.8) is 0 Å². The number of hydrogen-bond donors (Lipinski definition) is 1. The molecule has 2 aromatic heterocycles. The third-order valence-electron chi connectivity index (χ3n) is 5.43. The number of pyridine rings is 1. The number of anilines is 1. The lowest BCUT2D eigenvalue weighted by molar-refractivity contribution is -0.384. The van der Waals surface area contributed by atoms with Crippen molar-refractivity contribution in [2.45, 2.75) is 6.73 Å². The van der Waals surface area contributed by atoms with Crippen LogP contribution in [-0.2, 0) is 6.73 Å². The maximum Gasteiger partial charge on any atom is 0.276 e. The molecular formula is C28H21N5O5. The molecule has 0 atom stereocenters. The quantitative estimate of drug-likeness (QED) is 0.194. The van der Waals surface area contributed by atoms with Crippen LogP contribution in [0.25, 0.3) is 11.1 Å². The van der Waals surface area contributed by atoms with Crippen LogP contribution in [0.4, 0.5) is 11.4 Å². The molecule has 1 amide bonds. The predicted octanol–water partition coefficient (Wildman–Crippen LogP) is 5.93. The van der Waals surface area contributed by atoms with Gasteiger partial charge in [-0.25, -0.2) is 4.68 Å². The minimum atomic E-state index is -0.565. The number of ether oxygens (including phenoxy) is 2. The van der Waals surface area contributed by atoms with Gasteiger partial charge in [0.1, 0.15) is 17.2 Å². The third kappa shape index (κ3) is 6.00. The Morgan fingerprint density at radius 3 is 2.42 bits per heavy atom. The Kier molecular flexibility index (Phi) is 7.03. The summed E-state index contributed by atoms with van der Waals surface area (Å²) < 4.78 is 12.9. The lowest BCUT2D eigenvalue weighted by atomic mass is 10.1. The fourth-order valence-electron chi connectivity index (χ4n) is 3.63. The van der Waals surface area contributed by atoms with Gasteiger partial charge in [-0.05, 0) is 41.5 Å². The van der Waals surface area contributed by atoms with Gasteiger partial charge >= 0.3 is 0 Å². The highest BCUT2D eigenvalue weighted by atomic mass is 16.6. The number of benzene rings is 3. The predicted molar refractivity (Wildman–Crippen MR) is 140 cm³/mol. The van der Waals surface area contributed by atoms with E-state index in [4.69, 9.17) is 9.47 Å². The van der Waals surface area contributed by atoms with E-state index in [0.717, 1.165) is 11.1 Å². The van der Waals surface area contributed by atoms with Crippen molar-refractivity contribution in [1.82, 2.24) is 14.8 Å². The van der Waals surface area contributed by atoms with Crippen molar-refractivity contribution >= 4 is 17.3 Å². The molecule has 5 rings (SSSR count). The van der Waals surface area contributed by atoms with E-state index < -0.39 is 10.8 Å². The highest BCUT2D eigenvalue weighted by Gasteiger charge is 2.16. The molecule has 3 aromatic carbocycles. The van der Waals surface area contributed by atoms with E-state index in [0.29, 0.717) is 11.5 Å². The molecule has 0 fully saturated rings. The summed E-state index contributed by atoms with van der Waals surface area (Å²) in [5.41, 5.74) is 2.26. The number of nitrogens with zero attached hydrogens (tertiary/aromatic N) is 4. The van der Waals surface area contributed by atoms with E-state index in [2.05, 4.69) is 15.4 Å². The number of hydrogen-bond acceptors (Lipinski definition) is 7. The number of amides is 1. The molecule has 188 valence electrons. The number of non-ortho nitro benzene ring substituents is 1. The van der Waals surface area contributed by atoms with Crippen LogP contribution < -0.4 is 14.8 Å². The topological polar surface area (TPSA) is 121 Å². The van der Waals surface area contributed by atoms with Crippen LogP contribution in [0.5, 0.6) is 17.2 Å². The summed E-state index contributed by atoms with van der Waals surface area (Å²) in [5, 5.41) is 18.3. The fourth-order valence-corrected chi connectivity index (χ4v) is 3.63. The molecular weight excluding hydrogens is 486 g/mol. The Bertz CT molecular complexity index is 1550. The first-order valence-electron chi connectivity index (χ1n) is 11.5. The van der Waals surface area contributed by atoms with Crippen LogP contribution >= 0.6 is 0 Å². The van der Waals surface area contributed by atoms with Crippen LogP contribution in [0, 0.1) is 10.1 Å². The molecule has 1 N–H and O–H groups in total. The van der Waals surface area contributed by atoms with Gasteiger partial charge in [0.15, 0.2) is 12.4 Å². The molecule has 0 radical (unpaired) electrons. The van der Waals surface area contributed by atoms with Crippen LogP contribution in [0.3, 0.4) is 0 Å². The van der Waals surface area contributed by atoms with E-state index in [9.17, 15) is 14.9 Å². The molecule has 10 heteroatoms. The van der Waals surface area contributed by atoms with Crippen LogP contribution in [0.2, 0.25) is 0 Å². The number of nitro benzene ring substituents is 1. The fraction of sp³-hybridized carbons (Fsp3) is 0.0357. The Morgan fingerprint density at radius 2 is 1.68 bits per heavy atom. The maximum atomic E-state index is 12.8. The van der Waals surface area contributed by atoms with Crippen molar-refractivity contribution in [3.8, 4) is 28.4 Å². The Balaban J connectivity index is 1.22. The second-order valence-electron chi connectivity index (χ2n) is 8.12. The molecule has 0 aliphatic carbocycles. The Hall–Kier alpha value is -5.51. The molecule has 10 nitrogen and oxygen atoms in total. The zero-order valence-corrected chi connectivity index (χ0v) is 19.9. The van der Waals surface area contributed by atoms with E-state index in [1.807, 2.05) is 54.6 Å². The van der Waals surface area contributed by atoms with E-state index in [1.165, 1.54) is 35.1 Å². The molecule has 0 saturated heterocycles. The normalized spacial score (nSPS) is 10.5. The van der Waals surface area contributed by atoms with Gasteiger partial charge in [-0.1, -0.05) is 42.5 Å². The van der Waals surface area contributed by atoms with Crippen molar-refractivity contribution in [3.05, 3.63) is 125 Å². The standard InChI is InChI=1S/C28H21N5O5/c34-28(30-22-15-23(33(35)36)17-26(16-22)38-25-7-4-13-29-18-25)27-12-14-32(31-27)19-37-24-10-8-21(9-11-24)20-5-2-1-3-6-20/h1-18H,19H2,(H,30,34). The Morgan fingerprint density at radius 1 is 0.895 bits per heavy atom. The van der Waals surface area contributed by atoms with E-state index in [1.54, 1.807) is 24.5 Å². The summed E-state index contributed by atoms with van der Waals surface area (Å²) in [7, 11) is 0. The van der Waals surface area contributed by atoms with Gasteiger partial charge in [0.25, 0.3) is 11.6 Å². The van der Waals surface area contributed by atoms with Gasteiger partial charge in [0.2, 0.25) is 0 Å². The number of rotatable bonds is 9. The lowest BCUT2D eigenvalue weighted by Gasteiger charge is -2.09. The molecule has 0 unspecified atom stereocenters. The van der Waals surface area contributed by atoms with Gasteiger partial charge < -0.3 is 14.8 Å². The highest BCUT2D eigenvalue weighted by Crippen LogP contribution is 2.29. The minimum Gasteiger partial charge on any atom is -0.471 e. The number of carbonyl (C=O) groups excluding carboxylic acids is 1. The summed E-state index contributed by atoms with van der Waals surface area (Å²) in [5.74, 6) is 0.700. The molecule has 0 saturated carbocycles. The van der Waals surface area contributed by atoms with Gasteiger partial charge in [-0.15, -0.1) is 0 Å². The van der Waals surface area contributed by atoms with Crippen LogP contribution in [0.15, 0.2) is 110 Å². The Labute approximate surface area is 217 Å². The van der Waals surface area contributed by atoms with Crippen LogP contribution in [0.1, 0.15) is 10.5 Å². The first kappa shape index (κ1) is 24.2. The van der Waals surface area contributed by atoms with E-state index in [-0.39, 0.29) is 29.5 Å². The monoisotopic (exact) mass is 507 g/mol. The maximum absolute atomic E-state index is 12.8. The zero-order chi connectivity index (χ0) is 26.3. The zero-order valence-electron chi connectivity index (χ0n) is 19.9. The first-order valence-corrected chi connectivity index (χ1v) is 11.5. The third-order valence-corrected chi connectivity index (χ3v) is 5.43. The second-order valence-corrected chi connectivity index (χ2v) is 8.12. The molecule has 0 aliphatic rings. The summed E-state index contributed by atoms with van der Waals surface area (Å²) in [6, 6.07) is 26.6. The molecule has 0 aliphatic heterocycles.